The Morgan fingerprint density at radius 2 is 1.92 bits per heavy atom. The van der Waals surface area contributed by atoms with Gasteiger partial charge in [-0.05, 0) is 106 Å². The molecular formula is C30H35ClN4O. The number of hydrogen-bond acceptors (Lipinski definition) is 5. The number of aryl methyl sites for hydroxylation is 3. The van der Waals surface area contributed by atoms with Crippen molar-refractivity contribution < 1.29 is 4.79 Å². The van der Waals surface area contributed by atoms with Crippen molar-refractivity contribution in [1.82, 2.24) is 14.9 Å². The Hall–Kier alpha value is -2.76. The molecule has 3 aromatic rings. The summed E-state index contributed by atoms with van der Waals surface area (Å²) in [6.07, 6.45) is 6.08. The lowest BCUT2D eigenvalue weighted by Crippen LogP contribution is -2.29. The lowest BCUT2D eigenvalue weighted by molar-refractivity contribution is -0.121. The molecule has 0 bridgehead atoms. The first-order valence-corrected chi connectivity index (χ1v) is 13.3. The summed E-state index contributed by atoms with van der Waals surface area (Å²) in [4.78, 5) is 24.2. The summed E-state index contributed by atoms with van der Waals surface area (Å²) < 4.78 is 0. The van der Waals surface area contributed by atoms with Crippen LogP contribution in [0, 0.1) is 6.92 Å². The van der Waals surface area contributed by atoms with Crippen LogP contribution in [0.15, 0.2) is 42.6 Å². The topological polar surface area (TPSA) is 58.1 Å². The number of halogens is 1. The molecule has 0 saturated carbocycles. The number of aromatic nitrogens is 2. The van der Waals surface area contributed by atoms with E-state index in [4.69, 9.17) is 16.6 Å². The van der Waals surface area contributed by atoms with Gasteiger partial charge in [0, 0.05) is 17.5 Å². The van der Waals surface area contributed by atoms with Gasteiger partial charge in [-0.1, -0.05) is 41.9 Å². The fourth-order valence-electron chi connectivity index (χ4n) is 5.78. The Labute approximate surface area is 219 Å². The largest absolute Gasteiger partial charge is 0.324 e. The maximum Gasteiger partial charge on any atom is 0.227 e. The summed E-state index contributed by atoms with van der Waals surface area (Å²) in [5, 5.41) is 3.97. The number of hydrogen-bond donors (Lipinski definition) is 1. The Balaban J connectivity index is 1.30. The van der Waals surface area contributed by atoms with Crippen molar-refractivity contribution in [2.75, 3.05) is 25.5 Å². The Kier molecular flexibility index (Phi) is 6.88. The molecule has 1 aliphatic heterocycles. The minimum Gasteiger partial charge on any atom is -0.324 e. The van der Waals surface area contributed by atoms with E-state index in [1.165, 1.54) is 35.1 Å². The van der Waals surface area contributed by atoms with Gasteiger partial charge in [0.25, 0.3) is 0 Å². The van der Waals surface area contributed by atoms with Gasteiger partial charge in [-0.2, -0.15) is 0 Å². The first-order valence-electron chi connectivity index (χ1n) is 12.9. The summed E-state index contributed by atoms with van der Waals surface area (Å²) >= 11 is 6.50. The number of piperidine rings is 1. The van der Waals surface area contributed by atoms with Crippen molar-refractivity contribution in [3.8, 4) is 0 Å². The second-order valence-corrected chi connectivity index (χ2v) is 11.3. The van der Waals surface area contributed by atoms with E-state index >= 15 is 0 Å². The molecule has 0 atom stereocenters. The van der Waals surface area contributed by atoms with Gasteiger partial charge in [-0.15, -0.1) is 0 Å². The normalized spacial score (nSPS) is 17.9. The predicted octanol–water partition coefficient (Wildman–Crippen LogP) is 6.18. The molecule has 1 saturated heterocycles. The minimum atomic E-state index is -0.439. The summed E-state index contributed by atoms with van der Waals surface area (Å²) in [6, 6.07) is 12.9. The zero-order chi connectivity index (χ0) is 25.4. The van der Waals surface area contributed by atoms with Gasteiger partial charge in [0.2, 0.25) is 5.95 Å². The van der Waals surface area contributed by atoms with E-state index in [1.54, 1.807) is 6.20 Å². The molecule has 0 spiro atoms. The molecule has 1 aromatic heterocycles. The Morgan fingerprint density at radius 3 is 2.67 bits per heavy atom. The van der Waals surface area contributed by atoms with E-state index in [0.717, 1.165) is 36.5 Å². The first-order chi connectivity index (χ1) is 17.2. The highest BCUT2D eigenvalue weighted by Gasteiger charge is 2.39. The maximum absolute atomic E-state index is 12.6. The summed E-state index contributed by atoms with van der Waals surface area (Å²) in [6.45, 7) is 8.52. The number of nitrogens with one attached hydrogen (secondary N) is 1. The van der Waals surface area contributed by atoms with Crippen LogP contribution in [-0.2, 0) is 29.5 Å². The number of carbonyl (C=O) groups excluding carboxylic acids is 1. The van der Waals surface area contributed by atoms with Gasteiger partial charge >= 0.3 is 0 Å². The zero-order valence-corrected chi connectivity index (χ0v) is 22.5. The molecule has 2 heterocycles. The third-order valence-electron chi connectivity index (χ3n) is 8.04. The monoisotopic (exact) mass is 502 g/mol. The minimum absolute atomic E-state index is 0.286. The van der Waals surface area contributed by atoms with Crippen molar-refractivity contribution in [2.45, 2.75) is 64.2 Å². The Morgan fingerprint density at radius 1 is 1.14 bits per heavy atom. The molecule has 188 valence electrons. The maximum atomic E-state index is 12.6. The van der Waals surface area contributed by atoms with Crippen LogP contribution in [0.4, 0.5) is 11.6 Å². The molecule has 6 heteroatoms. The summed E-state index contributed by atoms with van der Waals surface area (Å²) in [7, 11) is 2.20. The van der Waals surface area contributed by atoms with Gasteiger partial charge < -0.3 is 10.2 Å². The number of Topliss-reactive ketones (excluding diaryl/α,β-unsaturated/α-hetero) is 1. The lowest BCUT2D eigenvalue weighted by atomic mass is 9.82. The molecule has 1 fully saturated rings. The molecule has 5 rings (SSSR count). The number of carbonyl (C=O) groups is 1. The quantitative estimate of drug-likeness (QED) is 0.436. The summed E-state index contributed by atoms with van der Waals surface area (Å²) in [5.74, 6) is 1.47. The van der Waals surface area contributed by atoms with E-state index in [1.807, 2.05) is 13.8 Å². The van der Waals surface area contributed by atoms with Gasteiger partial charge in [0.05, 0.1) is 16.9 Å². The molecular weight excluding hydrogens is 468 g/mol. The van der Waals surface area contributed by atoms with Crippen molar-refractivity contribution in [2.24, 2.45) is 0 Å². The third kappa shape index (κ3) is 4.91. The first kappa shape index (κ1) is 24.9. The number of fused-ring (bicyclic) bond motifs is 1. The van der Waals surface area contributed by atoms with Crippen molar-refractivity contribution >= 4 is 29.0 Å². The molecule has 0 amide bonds. The number of benzene rings is 2. The molecule has 36 heavy (non-hydrogen) atoms. The average Bonchev–Trinajstić information content (AvgIpc) is 3.09. The van der Waals surface area contributed by atoms with E-state index < -0.39 is 5.41 Å². The zero-order valence-electron chi connectivity index (χ0n) is 21.7. The SMILES string of the molecule is Cc1cc(C2CCN(C)CC2)ccc1Nc1ncc(Cl)c(CCc2cccc3c2C(C)(C)C(=O)C3)n1. The molecule has 0 unspecified atom stereocenters. The van der Waals surface area contributed by atoms with E-state index in [2.05, 4.69) is 65.6 Å². The van der Waals surface area contributed by atoms with Gasteiger partial charge in [0.15, 0.2) is 0 Å². The second kappa shape index (κ2) is 9.95. The fraction of sp³-hybridized carbons (Fsp3) is 0.433. The fourth-order valence-corrected chi connectivity index (χ4v) is 5.97. The number of anilines is 2. The molecule has 1 aliphatic carbocycles. The van der Waals surface area contributed by atoms with Crippen molar-refractivity contribution in [1.29, 1.82) is 0 Å². The molecule has 2 aromatic carbocycles. The van der Waals surface area contributed by atoms with Gasteiger partial charge in [0.1, 0.15) is 5.78 Å². The highest BCUT2D eigenvalue weighted by Crippen LogP contribution is 2.38. The van der Waals surface area contributed by atoms with E-state index in [0.29, 0.717) is 29.7 Å². The second-order valence-electron chi connectivity index (χ2n) is 10.9. The van der Waals surface area contributed by atoms with Gasteiger partial charge in [-0.25, -0.2) is 9.97 Å². The van der Waals surface area contributed by atoms with Crippen LogP contribution < -0.4 is 5.32 Å². The van der Waals surface area contributed by atoms with Gasteiger partial charge in [-0.3, -0.25) is 4.79 Å². The number of nitrogens with zero attached hydrogens (tertiary/aromatic N) is 3. The molecule has 0 radical (unpaired) electrons. The highest BCUT2D eigenvalue weighted by molar-refractivity contribution is 6.31. The van der Waals surface area contributed by atoms with Crippen LogP contribution >= 0.6 is 11.6 Å². The van der Waals surface area contributed by atoms with E-state index in [9.17, 15) is 4.79 Å². The van der Waals surface area contributed by atoms with Crippen molar-refractivity contribution in [3.05, 3.63) is 81.1 Å². The molecule has 1 N–H and O–H groups in total. The number of likely N-dealkylation sites (tertiary alicyclic amines) is 1. The number of ketones is 1. The van der Waals surface area contributed by atoms with E-state index in [-0.39, 0.29) is 5.78 Å². The Bertz CT molecular complexity index is 1290. The van der Waals surface area contributed by atoms with Crippen LogP contribution in [0.1, 0.15) is 66.1 Å². The summed E-state index contributed by atoms with van der Waals surface area (Å²) in [5.41, 5.74) is 7.53. The molecule has 2 aliphatic rings. The highest BCUT2D eigenvalue weighted by atomic mass is 35.5. The standard InChI is InChI=1S/C30H35ClN4O/c1-19-16-22(20-12-14-35(4)15-13-20)9-10-25(19)33-29-32-18-24(31)26(34-29)11-8-21-6-5-7-23-17-27(36)30(2,3)28(21)23/h5-7,9-10,16,18,20H,8,11-15,17H2,1-4H3,(H,32,33,34). The average molecular weight is 503 g/mol. The smallest absolute Gasteiger partial charge is 0.227 e. The van der Waals surface area contributed by atoms with Crippen LogP contribution in [0.5, 0.6) is 0 Å². The predicted molar refractivity (Wildman–Crippen MR) is 147 cm³/mol. The van der Waals surface area contributed by atoms with Crippen LogP contribution in [-0.4, -0.2) is 40.8 Å². The van der Waals surface area contributed by atoms with Crippen LogP contribution in [0.2, 0.25) is 5.02 Å². The van der Waals surface area contributed by atoms with Crippen LogP contribution in [0.25, 0.3) is 0 Å². The molecule has 5 nitrogen and oxygen atoms in total. The number of rotatable bonds is 6. The third-order valence-corrected chi connectivity index (χ3v) is 8.36. The van der Waals surface area contributed by atoms with Crippen molar-refractivity contribution in [3.63, 3.8) is 0 Å². The van der Waals surface area contributed by atoms with Crippen LogP contribution in [0.3, 0.4) is 0 Å². The lowest BCUT2D eigenvalue weighted by Gasteiger charge is -2.29.